The summed E-state index contributed by atoms with van der Waals surface area (Å²) in [5.41, 5.74) is 3.71. The standard InChI is InChI=1S/C26H28N4O4S/c1-15(2)11-12-30-16(3)22(23(27-26(30)35)17-5-8-19(31-4)9-6-17)25-28-24(29-34-25)18-7-10-20-21(13-18)33-14-32-20/h5-10,13,15,23H,11-12,14H2,1-4H3,(H,27,35). The van der Waals surface area contributed by atoms with Crippen molar-refractivity contribution in [2.75, 3.05) is 20.4 Å². The van der Waals surface area contributed by atoms with Gasteiger partial charge in [-0.1, -0.05) is 31.1 Å². The summed E-state index contributed by atoms with van der Waals surface area (Å²) in [6.07, 6.45) is 1.01. The number of methoxy groups -OCH3 is 1. The van der Waals surface area contributed by atoms with Crippen molar-refractivity contribution >= 4 is 22.9 Å². The molecule has 0 bridgehead atoms. The Balaban J connectivity index is 1.55. The number of aromatic nitrogens is 2. The zero-order chi connectivity index (χ0) is 24.5. The summed E-state index contributed by atoms with van der Waals surface area (Å²) in [5.74, 6) is 3.64. The number of thiocarbonyl (C=S) groups is 1. The van der Waals surface area contributed by atoms with E-state index in [-0.39, 0.29) is 12.8 Å². The van der Waals surface area contributed by atoms with Gasteiger partial charge in [0.25, 0.3) is 5.89 Å². The van der Waals surface area contributed by atoms with Gasteiger partial charge >= 0.3 is 0 Å². The van der Waals surface area contributed by atoms with E-state index in [9.17, 15) is 0 Å². The van der Waals surface area contributed by atoms with Crippen LogP contribution in [0.15, 0.2) is 52.7 Å². The Morgan fingerprint density at radius 3 is 2.66 bits per heavy atom. The number of nitrogens with one attached hydrogen (secondary N) is 1. The van der Waals surface area contributed by atoms with E-state index in [1.807, 2.05) is 42.5 Å². The number of benzene rings is 2. The Labute approximate surface area is 209 Å². The van der Waals surface area contributed by atoms with Gasteiger partial charge in [-0.3, -0.25) is 0 Å². The highest BCUT2D eigenvalue weighted by Crippen LogP contribution is 2.39. The van der Waals surface area contributed by atoms with Crippen molar-refractivity contribution in [3.8, 4) is 28.6 Å². The Morgan fingerprint density at radius 1 is 1.14 bits per heavy atom. The third-order valence-electron chi connectivity index (χ3n) is 6.26. The van der Waals surface area contributed by atoms with Crippen LogP contribution in [0, 0.1) is 5.92 Å². The number of nitrogens with zero attached hydrogens (tertiary/aromatic N) is 3. The Kier molecular flexibility index (Phi) is 6.34. The zero-order valence-corrected chi connectivity index (χ0v) is 21.0. The van der Waals surface area contributed by atoms with E-state index in [4.69, 9.17) is 35.9 Å². The van der Waals surface area contributed by atoms with E-state index in [1.54, 1.807) is 7.11 Å². The zero-order valence-electron chi connectivity index (χ0n) is 20.2. The second kappa shape index (κ2) is 9.58. The van der Waals surface area contributed by atoms with Crippen LogP contribution >= 0.6 is 12.2 Å². The maximum Gasteiger partial charge on any atom is 0.258 e. The first-order valence-electron chi connectivity index (χ1n) is 11.6. The first-order chi connectivity index (χ1) is 16.9. The van der Waals surface area contributed by atoms with Gasteiger partial charge in [-0.15, -0.1) is 0 Å². The molecule has 3 heterocycles. The predicted octanol–water partition coefficient (Wildman–Crippen LogP) is 5.18. The van der Waals surface area contributed by atoms with Gasteiger partial charge in [0.05, 0.1) is 18.7 Å². The summed E-state index contributed by atoms with van der Waals surface area (Å²) in [7, 11) is 1.65. The second-order valence-corrected chi connectivity index (χ2v) is 9.37. The highest BCUT2D eigenvalue weighted by Gasteiger charge is 2.34. The SMILES string of the molecule is COc1ccc(C2NC(=S)N(CCC(C)C)C(C)=C2c2nc(-c3ccc4c(c3)OCO4)no2)cc1. The molecule has 1 aromatic heterocycles. The molecule has 9 heteroatoms. The van der Waals surface area contributed by atoms with Crippen LogP contribution < -0.4 is 19.5 Å². The van der Waals surface area contributed by atoms with Gasteiger partial charge in [0.1, 0.15) is 5.75 Å². The molecule has 5 rings (SSSR count). The number of hydrogen-bond donors (Lipinski definition) is 1. The van der Waals surface area contributed by atoms with Gasteiger partial charge in [0.2, 0.25) is 12.6 Å². The van der Waals surface area contributed by atoms with Crippen LogP contribution in [0.2, 0.25) is 0 Å². The summed E-state index contributed by atoms with van der Waals surface area (Å²) >= 11 is 5.78. The normalized spacial score (nSPS) is 17.2. The molecular formula is C26H28N4O4S. The lowest BCUT2D eigenvalue weighted by Crippen LogP contribution is -2.46. The second-order valence-electron chi connectivity index (χ2n) is 8.98. The van der Waals surface area contributed by atoms with Crippen molar-refractivity contribution in [1.82, 2.24) is 20.4 Å². The molecule has 0 saturated carbocycles. The van der Waals surface area contributed by atoms with Crippen LogP contribution in [0.3, 0.4) is 0 Å². The Bertz CT molecular complexity index is 1270. The van der Waals surface area contributed by atoms with Crippen LogP contribution in [0.1, 0.15) is 44.7 Å². The van der Waals surface area contributed by atoms with Gasteiger partial charge in [0, 0.05) is 17.8 Å². The first-order valence-corrected chi connectivity index (χ1v) is 12.0. The van der Waals surface area contributed by atoms with Crippen LogP contribution in [-0.2, 0) is 0 Å². The van der Waals surface area contributed by atoms with Crippen molar-refractivity contribution in [2.45, 2.75) is 33.2 Å². The van der Waals surface area contributed by atoms with E-state index >= 15 is 0 Å². The van der Waals surface area contributed by atoms with Crippen molar-refractivity contribution in [2.24, 2.45) is 5.92 Å². The summed E-state index contributed by atoms with van der Waals surface area (Å²) < 4.78 is 22.1. The smallest absolute Gasteiger partial charge is 0.258 e. The number of rotatable bonds is 7. The molecule has 0 aliphatic carbocycles. The molecule has 1 N–H and O–H groups in total. The van der Waals surface area contributed by atoms with E-state index < -0.39 is 0 Å². The quantitative estimate of drug-likeness (QED) is 0.449. The molecule has 182 valence electrons. The molecule has 1 unspecified atom stereocenters. The fourth-order valence-electron chi connectivity index (χ4n) is 4.25. The lowest BCUT2D eigenvalue weighted by molar-refractivity contribution is 0.174. The molecule has 2 aliphatic rings. The third-order valence-corrected chi connectivity index (χ3v) is 6.60. The minimum Gasteiger partial charge on any atom is -0.497 e. The number of hydrogen-bond acceptors (Lipinski definition) is 7. The van der Waals surface area contributed by atoms with Crippen LogP contribution in [0.4, 0.5) is 0 Å². The van der Waals surface area contributed by atoms with E-state index in [0.717, 1.165) is 41.1 Å². The Hall–Kier alpha value is -3.59. The van der Waals surface area contributed by atoms with Gasteiger partial charge in [-0.05, 0) is 67.4 Å². The van der Waals surface area contributed by atoms with Gasteiger partial charge in [-0.2, -0.15) is 4.98 Å². The van der Waals surface area contributed by atoms with Crippen molar-refractivity contribution in [3.63, 3.8) is 0 Å². The summed E-state index contributed by atoms with van der Waals surface area (Å²) in [5, 5.41) is 8.46. The molecule has 3 aromatic rings. The largest absolute Gasteiger partial charge is 0.497 e. The van der Waals surface area contributed by atoms with Crippen LogP contribution in [0.25, 0.3) is 17.0 Å². The molecule has 0 radical (unpaired) electrons. The van der Waals surface area contributed by atoms with Crippen molar-refractivity contribution < 1.29 is 18.7 Å². The van der Waals surface area contributed by atoms with Crippen LogP contribution in [0.5, 0.6) is 17.2 Å². The maximum absolute atomic E-state index is 5.83. The van der Waals surface area contributed by atoms with E-state index in [0.29, 0.717) is 34.2 Å². The van der Waals surface area contributed by atoms with E-state index in [2.05, 4.69) is 36.1 Å². The summed E-state index contributed by atoms with van der Waals surface area (Å²) in [6.45, 7) is 7.48. The average molecular weight is 493 g/mol. The number of allylic oxidation sites excluding steroid dienone is 1. The number of fused-ring (bicyclic) bond motifs is 1. The fourth-order valence-corrected chi connectivity index (χ4v) is 4.59. The minimum atomic E-state index is -0.242. The lowest BCUT2D eigenvalue weighted by Gasteiger charge is -2.37. The summed E-state index contributed by atoms with van der Waals surface area (Å²) in [6, 6.07) is 13.3. The molecule has 2 aromatic carbocycles. The fraction of sp³-hybridized carbons (Fsp3) is 0.346. The highest BCUT2D eigenvalue weighted by atomic mass is 32.1. The topological polar surface area (TPSA) is 81.9 Å². The minimum absolute atomic E-state index is 0.212. The van der Waals surface area contributed by atoms with Gasteiger partial charge in [-0.25, -0.2) is 0 Å². The molecule has 0 fully saturated rings. The van der Waals surface area contributed by atoms with Crippen molar-refractivity contribution in [1.29, 1.82) is 0 Å². The summed E-state index contributed by atoms with van der Waals surface area (Å²) in [4.78, 5) is 6.90. The molecule has 35 heavy (non-hydrogen) atoms. The monoisotopic (exact) mass is 492 g/mol. The van der Waals surface area contributed by atoms with Gasteiger partial charge < -0.3 is 29.0 Å². The molecule has 0 saturated heterocycles. The molecule has 8 nitrogen and oxygen atoms in total. The van der Waals surface area contributed by atoms with Crippen LogP contribution in [-0.4, -0.2) is 40.6 Å². The van der Waals surface area contributed by atoms with E-state index in [1.165, 1.54) is 0 Å². The maximum atomic E-state index is 5.83. The molecule has 1 atom stereocenters. The third kappa shape index (κ3) is 4.55. The Morgan fingerprint density at radius 2 is 1.91 bits per heavy atom. The highest BCUT2D eigenvalue weighted by molar-refractivity contribution is 7.80. The molecular weight excluding hydrogens is 464 g/mol. The molecule has 0 spiro atoms. The number of ether oxygens (including phenoxy) is 3. The first kappa shape index (κ1) is 23.2. The average Bonchev–Trinajstić information content (AvgIpc) is 3.53. The van der Waals surface area contributed by atoms with Crippen molar-refractivity contribution in [3.05, 3.63) is 59.6 Å². The molecule has 0 amide bonds. The lowest BCUT2D eigenvalue weighted by atomic mass is 9.94. The predicted molar refractivity (Wildman–Crippen MR) is 136 cm³/mol. The van der Waals surface area contributed by atoms with Gasteiger partial charge in [0.15, 0.2) is 16.6 Å². The molecule has 2 aliphatic heterocycles.